The molecule has 0 radical (unpaired) electrons. The van der Waals surface area contributed by atoms with E-state index >= 15 is 0 Å². The molecule has 1 aliphatic heterocycles. The van der Waals surface area contributed by atoms with Crippen LogP contribution in [0.25, 0.3) is 0 Å². The summed E-state index contributed by atoms with van der Waals surface area (Å²) in [6.45, 7) is 1.000. The topological polar surface area (TPSA) is 107 Å². The Morgan fingerprint density at radius 3 is 2.03 bits per heavy atom. The number of hydrogen-bond donors (Lipinski definition) is 4. The molecule has 1 fully saturated rings. The number of benzene rings is 2. The first-order chi connectivity index (χ1) is 14.0. The summed E-state index contributed by atoms with van der Waals surface area (Å²) >= 11 is 0. The molecule has 0 bridgehead atoms. The number of piperidine rings is 1. The van der Waals surface area contributed by atoms with Gasteiger partial charge in [-0.05, 0) is 36.9 Å². The van der Waals surface area contributed by atoms with Gasteiger partial charge in [0.2, 0.25) is 0 Å². The third kappa shape index (κ3) is 7.89. The van der Waals surface area contributed by atoms with Crippen LogP contribution in [0.3, 0.4) is 0 Å². The molecule has 154 valence electrons. The van der Waals surface area contributed by atoms with Crippen LogP contribution in [0.2, 0.25) is 0 Å². The number of rotatable bonds is 6. The van der Waals surface area contributed by atoms with Crippen molar-refractivity contribution in [2.45, 2.75) is 37.3 Å². The normalized spacial score (nSPS) is 19.8. The second-order valence-electron chi connectivity index (χ2n) is 6.91. The predicted octanol–water partition coefficient (Wildman–Crippen LogP) is 2.84. The summed E-state index contributed by atoms with van der Waals surface area (Å²) in [5.74, 6) is -2.20. The van der Waals surface area contributed by atoms with Crippen LogP contribution >= 0.6 is 0 Å². The van der Waals surface area contributed by atoms with Crippen LogP contribution in [0, 0.1) is 0 Å². The van der Waals surface area contributed by atoms with Gasteiger partial charge in [-0.25, -0.2) is 9.59 Å². The molecule has 29 heavy (non-hydrogen) atoms. The number of carboxylic acid groups (broad SMARTS) is 2. The maximum Gasteiger partial charge on any atom is 0.328 e. The average molecular weight is 397 g/mol. The number of aliphatic hydroxyl groups is 1. The largest absolute Gasteiger partial charge is 0.478 e. The third-order valence-corrected chi connectivity index (χ3v) is 4.80. The second kappa shape index (κ2) is 11.8. The molecule has 3 rings (SSSR count). The van der Waals surface area contributed by atoms with E-state index in [-0.39, 0.29) is 12.1 Å². The Kier molecular flexibility index (Phi) is 9.08. The highest BCUT2D eigenvalue weighted by Gasteiger charge is 2.31. The standard InChI is InChI=1S/C19H23NO.C4H4O4/c21-18-12-7-13-20-19(18)17(16-10-5-2-6-11-16)14-15-8-3-1-4-9-15;5-3(6)1-2-4(7)8/h1-6,8-11,17-21H,7,12-14H2;1-2H,(H,5,6)(H,7,8)/b;2-1-. The van der Waals surface area contributed by atoms with Gasteiger partial charge in [0.25, 0.3) is 0 Å². The lowest BCUT2D eigenvalue weighted by Crippen LogP contribution is -2.49. The lowest BCUT2D eigenvalue weighted by atomic mass is 9.81. The van der Waals surface area contributed by atoms with Crippen molar-refractivity contribution < 1.29 is 24.9 Å². The smallest absolute Gasteiger partial charge is 0.328 e. The van der Waals surface area contributed by atoms with Crippen molar-refractivity contribution in [1.29, 1.82) is 0 Å². The van der Waals surface area contributed by atoms with Crippen LogP contribution in [0.5, 0.6) is 0 Å². The van der Waals surface area contributed by atoms with Crippen LogP contribution in [-0.4, -0.2) is 45.9 Å². The Labute approximate surface area is 170 Å². The fourth-order valence-corrected chi connectivity index (χ4v) is 3.47. The predicted molar refractivity (Wildman–Crippen MR) is 111 cm³/mol. The van der Waals surface area contributed by atoms with Crippen LogP contribution < -0.4 is 5.32 Å². The number of carboxylic acids is 2. The minimum absolute atomic E-state index is 0.140. The molecule has 1 saturated heterocycles. The van der Waals surface area contributed by atoms with Crippen LogP contribution in [0.1, 0.15) is 29.9 Å². The molecule has 0 saturated carbocycles. The summed E-state index contributed by atoms with van der Waals surface area (Å²) in [6.07, 6.45) is 3.78. The molecule has 0 amide bonds. The van der Waals surface area contributed by atoms with Crippen LogP contribution in [-0.2, 0) is 16.0 Å². The molecule has 6 heteroatoms. The first-order valence-corrected chi connectivity index (χ1v) is 9.61. The van der Waals surface area contributed by atoms with E-state index in [4.69, 9.17) is 10.2 Å². The van der Waals surface area contributed by atoms with E-state index in [1.807, 2.05) is 6.07 Å². The molecule has 0 aliphatic carbocycles. The Morgan fingerprint density at radius 1 is 0.966 bits per heavy atom. The highest BCUT2D eigenvalue weighted by molar-refractivity contribution is 5.89. The zero-order chi connectivity index (χ0) is 21.1. The second-order valence-corrected chi connectivity index (χ2v) is 6.91. The van der Waals surface area contributed by atoms with E-state index < -0.39 is 11.9 Å². The minimum atomic E-state index is -1.26. The molecule has 4 N–H and O–H groups in total. The molecule has 1 aliphatic rings. The van der Waals surface area contributed by atoms with E-state index in [2.05, 4.69) is 59.9 Å². The van der Waals surface area contributed by atoms with E-state index in [1.165, 1.54) is 11.1 Å². The number of hydrogen-bond acceptors (Lipinski definition) is 4. The lowest BCUT2D eigenvalue weighted by Gasteiger charge is -2.36. The molecule has 6 nitrogen and oxygen atoms in total. The van der Waals surface area contributed by atoms with Crippen molar-refractivity contribution in [2.75, 3.05) is 6.54 Å². The Balaban J connectivity index is 0.000000321. The van der Waals surface area contributed by atoms with E-state index in [0.29, 0.717) is 18.1 Å². The fraction of sp³-hybridized carbons (Fsp3) is 0.304. The summed E-state index contributed by atoms with van der Waals surface area (Å²) in [6, 6.07) is 21.3. The molecule has 3 atom stereocenters. The quantitative estimate of drug-likeness (QED) is 0.559. The Morgan fingerprint density at radius 2 is 1.52 bits per heavy atom. The van der Waals surface area contributed by atoms with Gasteiger partial charge in [0.05, 0.1) is 6.10 Å². The zero-order valence-electron chi connectivity index (χ0n) is 16.1. The fourth-order valence-electron chi connectivity index (χ4n) is 3.47. The van der Waals surface area contributed by atoms with Gasteiger partial charge in [-0.3, -0.25) is 0 Å². The van der Waals surface area contributed by atoms with E-state index in [1.54, 1.807) is 0 Å². The van der Waals surface area contributed by atoms with E-state index in [9.17, 15) is 14.7 Å². The third-order valence-electron chi connectivity index (χ3n) is 4.80. The zero-order valence-corrected chi connectivity index (χ0v) is 16.1. The molecular weight excluding hydrogens is 370 g/mol. The maximum absolute atomic E-state index is 10.4. The maximum atomic E-state index is 10.4. The Hall–Kier alpha value is -2.96. The average Bonchev–Trinajstić information content (AvgIpc) is 2.73. The summed E-state index contributed by atoms with van der Waals surface area (Å²) in [5, 5.41) is 29.6. The first kappa shape index (κ1) is 22.3. The van der Waals surface area contributed by atoms with Gasteiger partial charge in [-0.2, -0.15) is 0 Å². The van der Waals surface area contributed by atoms with Gasteiger partial charge >= 0.3 is 11.9 Å². The van der Waals surface area contributed by atoms with Crippen LogP contribution in [0.15, 0.2) is 72.8 Å². The SMILES string of the molecule is O=C(O)/C=C\C(=O)O.OC1CCCNC1C(Cc1ccccc1)c1ccccc1. The summed E-state index contributed by atoms with van der Waals surface area (Å²) in [5.41, 5.74) is 2.63. The van der Waals surface area contributed by atoms with Crippen molar-refractivity contribution in [3.8, 4) is 0 Å². The van der Waals surface area contributed by atoms with Crippen molar-refractivity contribution in [3.05, 3.63) is 83.9 Å². The molecule has 1 heterocycles. The molecule has 3 unspecified atom stereocenters. The van der Waals surface area contributed by atoms with Gasteiger partial charge in [-0.15, -0.1) is 0 Å². The molecule has 0 spiro atoms. The molecule has 2 aromatic carbocycles. The number of aliphatic carboxylic acids is 2. The summed E-state index contributed by atoms with van der Waals surface area (Å²) < 4.78 is 0. The first-order valence-electron chi connectivity index (χ1n) is 9.61. The summed E-state index contributed by atoms with van der Waals surface area (Å²) in [4.78, 5) is 19.1. The van der Waals surface area contributed by atoms with Crippen molar-refractivity contribution in [1.82, 2.24) is 5.32 Å². The van der Waals surface area contributed by atoms with Crippen molar-refractivity contribution in [2.24, 2.45) is 0 Å². The van der Waals surface area contributed by atoms with Gasteiger partial charge in [0.15, 0.2) is 0 Å². The number of nitrogens with one attached hydrogen (secondary N) is 1. The number of aliphatic hydroxyl groups excluding tert-OH is 1. The lowest BCUT2D eigenvalue weighted by molar-refractivity contribution is -0.134. The summed E-state index contributed by atoms with van der Waals surface area (Å²) in [7, 11) is 0. The van der Waals surface area contributed by atoms with Gasteiger partial charge in [0.1, 0.15) is 0 Å². The van der Waals surface area contributed by atoms with Crippen LogP contribution in [0.4, 0.5) is 0 Å². The molecule has 0 aromatic heterocycles. The Bertz CT molecular complexity index is 775. The van der Waals surface area contributed by atoms with Gasteiger partial charge in [-0.1, -0.05) is 60.7 Å². The van der Waals surface area contributed by atoms with Gasteiger partial charge < -0.3 is 20.6 Å². The molecular formula is C23H27NO5. The highest BCUT2D eigenvalue weighted by atomic mass is 16.4. The monoisotopic (exact) mass is 397 g/mol. The van der Waals surface area contributed by atoms with Gasteiger partial charge in [0, 0.05) is 24.1 Å². The minimum Gasteiger partial charge on any atom is -0.478 e. The van der Waals surface area contributed by atoms with Crippen molar-refractivity contribution in [3.63, 3.8) is 0 Å². The highest BCUT2D eigenvalue weighted by Crippen LogP contribution is 2.29. The van der Waals surface area contributed by atoms with E-state index in [0.717, 1.165) is 25.8 Å². The molecule has 2 aromatic rings. The van der Waals surface area contributed by atoms with Crippen molar-refractivity contribution >= 4 is 11.9 Å². The number of carbonyl (C=O) groups is 2.